The van der Waals surface area contributed by atoms with Crippen molar-refractivity contribution in [2.75, 3.05) is 14.1 Å². The molecular formula is C27H42BrN3O4. The molecule has 2 amide bonds. The molecule has 0 heterocycles. The molecule has 0 aromatic heterocycles. The predicted molar refractivity (Wildman–Crippen MR) is 144 cm³/mol. The molecule has 0 fully saturated rings. The fourth-order valence-electron chi connectivity index (χ4n) is 4.18. The second kappa shape index (κ2) is 12.2. The Hall–Kier alpha value is -2.19. The summed E-state index contributed by atoms with van der Waals surface area (Å²) in [4.78, 5) is 40.2. The van der Waals surface area contributed by atoms with Crippen molar-refractivity contribution in [1.82, 2.24) is 15.5 Å². The zero-order valence-electron chi connectivity index (χ0n) is 22.7. The second-order valence-corrected chi connectivity index (χ2v) is 12.0. The van der Waals surface area contributed by atoms with Crippen LogP contribution in [-0.4, -0.2) is 60.0 Å². The number of nitrogens with zero attached hydrogens (tertiary/aromatic N) is 1. The number of benzene rings is 1. The van der Waals surface area contributed by atoms with Crippen LogP contribution in [0.1, 0.15) is 61.0 Å². The molecule has 0 radical (unpaired) electrons. The summed E-state index contributed by atoms with van der Waals surface area (Å²) >= 11 is 3.50. The van der Waals surface area contributed by atoms with Gasteiger partial charge in [0.05, 0.1) is 12.1 Å². The Morgan fingerprint density at radius 2 is 1.66 bits per heavy atom. The van der Waals surface area contributed by atoms with E-state index >= 15 is 0 Å². The summed E-state index contributed by atoms with van der Waals surface area (Å²) in [6, 6.07) is 5.99. The van der Waals surface area contributed by atoms with E-state index in [1.165, 1.54) is 6.92 Å². The van der Waals surface area contributed by atoms with Gasteiger partial charge in [0.2, 0.25) is 11.8 Å². The van der Waals surface area contributed by atoms with E-state index in [2.05, 4.69) is 26.6 Å². The summed E-state index contributed by atoms with van der Waals surface area (Å²) in [6.45, 7) is 15.1. The van der Waals surface area contributed by atoms with Crippen LogP contribution in [-0.2, 0) is 19.8 Å². The van der Waals surface area contributed by atoms with Crippen LogP contribution in [0.15, 0.2) is 40.4 Å². The highest BCUT2D eigenvalue weighted by Gasteiger charge is 2.41. The van der Waals surface area contributed by atoms with Gasteiger partial charge in [-0.2, -0.15) is 0 Å². The summed E-state index contributed by atoms with van der Waals surface area (Å²) in [5, 5.41) is 15.5. The minimum Gasteiger partial charge on any atom is -0.478 e. The zero-order chi connectivity index (χ0) is 27.3. The normalized spacial score (nSPS) is 15.4. The summed E-state index contributed by atoms with van der Waals surface area (Å²) in [6.07, 6.45) is 1.60. The molecule has 7 nitrogen and oxygen atoms in total. The van der Waals surface area contributed by atoms with Gasteiger partial charge >= 0.3 is 5.97 Å². The number of halogens is 1. The van der Waals surface area contributed by atoms with Crippen LogP contribution in [0.25, 0.3) is 0 Å². The largest absolute Gasteiger partial charge is 0.478 e. The van der Waals surface area contributed by atoms with Gasteiger partial charge in [-0.15, -0.1) is 0 Å². The monoisotopic (exact) mass is 551 g/mol. The highest BCUT2D eigenvalue weighted by atomic mass is 79.9. The maximum Gasteiger partial charge on any atom is 0.331 e. The van der Waals surface area contributed by atoms with Crippen LogP contribution < -0.4 is 10.6 Å². The van der Waals surface area contributed by atoms with E-state index in [4.69, 9.17) is 0 Å². The molecule has 0 saturated carbocycles. The summed E-state index contributed by atoms with van der Waals surface area (Å²) in [5.41, 5.74) is 0.00526. The lowest BCUT2D eigenvalue weighted by Gasteiger charge is -2.40. The van der Waals surface area contributed by atoms with Gasteiger partial charge < -0.3 is 20.6 Å². The molecule has 0 aliphatic heterocycles. The lowest BCUT2D eigenvalue weighted by Crippen LogP contribution is -2.61. The van der Waals surface area contributed by atoms with Crippen LogP contribution in [0.2, 0.25) is 0 Å². The number of nitrogens with one attached hydrogen (secondary N) is 2. The van der Waals surface area contributed by atoms with Crippen molar-refractivity contribution in [3.63, 3.8) is 0 Å². The molecule has 0 bridgehead atoms. The van der Waals surface area contributed by atoms with Crippen molar-refractivity contribution in [3.05, 3.63) is 46.0 Å². The number of carboxylic acid groups (broad SMARTS) is 1. The number of hydrogen-bond donors (Lipinski definition) is 3. The van der Waals surface area contributed by atoms with Gasteiger partial charge in [-0.25, -0.2) is 4.79 Å². The van der Waals surface area contributed by atoms with E-state index in [1.807, 2.05) is 72.7 Å². The van der Waals surface area contributed by atoms with E-state index in [9.17, 15) is 19.5 Å². The minimum atomic E-state index is -1.02. The Bertz CT molecular complexity index is 950. The van der Waals surface area contributed by atoms with Crippen LogP contribution in [0.5, 0.6) is 0 Å². The van der Waals surface area contributed by atoms with Crippen molar-refractivity contribution in [3.8, 4) is 0 Å². The average Bonchev–Trinajstić information content (AvgIpc) is 2.73. The predicted octanol–water partition coefficient (Wildman–Crippen LogP) is 4.36. The van der Waals surface area contributed by atoms with Crippen molar-refractivity contribution in [1.29, 1.82) is 0 Å². The van der Waals surface area contributed by atoms with Crippen LogP contribution in [0, 0.1) is 11.3 Å². The van der Waals surface area contributed by atoms with Crippen LogP contribution in [0.3, 0.4) is 0 Å². The van der Waals surface area contributed by atoms with E-state index < -0.39 is 34.9 Å². The third-order valence-corrected chi connectivity index (χ3v) is 6.97. The van der Waals surface area contributed by atoms with Crippen molar-refractivity contribution in [2.24, 2.45) is 11.3 Å². The first kappa shape index (κ1) is 30.8. The third kappa shape index (κ3) is 7.90. The molecule has 35 heavy (non-hydrogen) atoms. The maximum absolute atomic E-state index is 13.7. The van der Waals surface area contributed by atoms with Gasteiger partial charge in [-0.1, -0.05) is 82.6 Å². The van der Waals surface area contributed by atoms with Gasteiger partial charge in [0, 0.05) is 22.5 Å². The van der Waals surface area contributed by atoms with E-state index in [1.54, 1.807) is 25.1 Å². The molecule has 1 aromatic carbocycles. The molecule has 3 N–H and O–H groups in total. The average molecular weight is 553 g/mol. The Morgan fingerprint density at radius 1 is 1.09 bits per heavy atom. The smallest absolute Gasteiger partial charge is 0.331 e. The first-order valence-corrected chi connectivity index (χ1v) is 12.7. The number of aliphatic carboxylic acids is 1. The minimum absolute atomic E-state index is 0.0184. The van der Waals surface area contributed by atoms with E-state index in [0.29, 0.717) is 0 Å². The number of amides is 2. The molecule has 3 atom stereocenters. The molecule has 8 heteroatoms. The quantitative estimate of drug-likeness (QED) is 0.375. The Morgan fingerprint density at radius 3 is 2.09 bits per heavy atom. The first-order chi connectivity index (χ1) is 15.9. The third-order valence-electron chi connectivity index (χ3n) is 6.48. The van der Waals surface area contributed by atoms with Crippen molar-refractivity contribution in [2.45, 2.75) is 78.9 Å². The topological polar surface area (TPSA) is 98.7 Å². The SMILES string of the molecule is CN[C@@H](C(=O)N[C@H](C(=O)N(C)[C@H](C=C(C)C(=O)O)C(C)C)C(C)(C)C)C(C)(C)c1cccc(Br)c1. The second-order valence-electron chi connectivity index (χ2n) is 11.1. The summed E-state index contributed by atoms with van der Waals surface area (Å²) < 4.78 is 0.923. The van der Waals surface area contributed by atoms with Gasteiger partial charge in [-0.3, -0.25) is 9.59 Å². The molecule has 0 aliphatic rings. The Balaban J connectivity index is 3.32. The van der Waals surface area contributed by atoms with Crippen LogP contribution >= 0.6 is 15.9 Å². The number of likely N-dealkylation sites (N-methyl/N-ethyl adjacent to an activating group) is 2. The molecule has 0 saturated heterocycles. The lowest BCUT2D eigenvalue weighted by molar-refractivity contribution is -0.141. The van der Waals surface area contributed by atoms with E-state index in [-0.39, 0.29) is 23.3 Å². The molecule has 1 rings (SSSR count). The number of carbonyl (C=O) groups excluding carboxylic acids is 2. The molecule has 0 aliphatic carbocycles. The first-order valence-electron chi connectivity index (χ1n) is 11.9. The Labute approximate surface area is 218 Å². The van der Waals surface area contributed by atoms with Crippen molar-refractivity contribution >= 4 is 33.7 Å². The summed E-state index contributed by atoms with van der Waals surface area (Å²) in [5.74, 6) is -1.59. The fraction of sp³-hybridized carbons (Fsp3) is 0.593. The maximum atomic E-state index is 13.7. The zero-order valence-corrected chi connectivity index (χ0v) is 24.3. The van der Waals surface area contributed by atoms with Gasteiger partial charge in [0.25, 0.3) is 0 Å². The van der Waals surface area contributed by atoms with Crippen molar-refractivity contribution < 1.29 is 19.5 Å². The number of rotatable bonds is 10. The lowest BCUT2D eigenvalue weighted by atomic mass is 9.76. The molecule has 1 aromatic rings. The number of carboxylic acids is 1. The molecule has 196 valence electrons. The van der Waals surface area contributed by atoms with Gasteiger partial charge in [0.15, 0.2) is 0 Å². The molecule has 0 spiro atoms. The van der Waals surface area contributed by atoms with E-state index in [0.717, 1.165) is 10.0 Å². The Kier molecular flexibility index (Phi) is 10.7. The molecule has 0 unspecified atom stereocenters. The summed E-state index contributed by atoms with van der Waals surface area (Å²) in [7, 11) is 3.39. The highest BCUT2D eigenvalue weighted by Crippen LogP contribution is 2.30. The fourth-order valence-corrected chi connectivity index (χ4v) is 4.58. The highest BCUT2D eigenvalue weighted by molar-refractivity contribution is 9.10. The van der Waals surface area contributed by atoms with Gasteiger partial charge in [-0.05, 0) is 43.0 Å². The van der Waals surface area contributed by atoms with Crippen LogP contribution in [0.4, 0.5) is 0 Å². The number of hydrogen-bond acceptors (Lipinski definition) is 4. The number of carbonyl (C=O) groups is 3. The van der Waals surface area contributed by atoms with Gasteiger partial charge in [0.1, 0.15) is 6.04 Å². The standard InChI is InChI=1S/C27H42BrN3O4/c1-16(2)20(14-17(3)25(34)35)31(10)24(33)22(26(4,5)6)30-23(32)21(29-9)27(7,8)18-12-11-13-19(28)15-18/h11-16,20-22,29H,1-10H3,(H,30,32)(H,34,35)/t20-,21+,22-/m1/s1. The molecular weight excluding hydrogens is 510 g/mol.